The maximum Gasteiger partial charge on any atom is 0.318 e. The lowest BCUT2D eigenvalue weighted by Crippen LogP contribution is -2.56. The molecule has 0 spiro atoms. The number of hydrogen-bond acceptors (Lipinski definition) is 5. The minimum atomic E-state index is -0.528. The summed E-state index contributed by atoms with van der Waals surface area (Å²) in [7, 11) is 3.34. The molecule has 1 aromatic rings. The molecule has 0 saturated carbocycles. The number of pyridine rings is 1. The first kappa shape index (κ1) is 11.9. The fraction of sp³-hybridized carbons (Fsp3) is 0.500. The summed E-state index contributed by atoms with van der Waals surface area (Å²) >= 11 is 0. The Hall–Kier alpha value is -1.62. The molecule has 1 aliphatic rings. The second-order valence-corrected chi connectivity index (χ2v) is 4.33. The zero-order valence-electron chi connectivity index (χ0n) is 10.0. The summed E-state index contributed by atoms with van der Waals surface area (Å²) in [6.07, 6.45) is 3.49. The number of methoxy groups -OCH3 is 1. The molecule has 5 nitrogen and oxygen atoms in total. The van der Waals surface area contributed by atoms with Crippen LogP contribution < -0.4 is 4.90 Å². The average Bonchev–Trinajstić information content (AvgIpc) is 2.33. The van der Waals surface area contributed by atoms with Gasteiger partial charge in [0, 0.05) is 19.8 Å². The highest BCUT2D eigenvalue weighted by Crippen LogP contribution is 2.31. The smallest absolute Gasteiger partial charge is 0.318 e. The summed E-state index contributed by atoms with van der Waals surface area (Å²) in [6.45, 7) is 1.42. The van der Waals surface area contributed by atoms with Crippen LogP contribution in [-0.2, 0) is 14.3 Å². The lowest BCUT2D eigenvalue weighted by Gasteiger charge is -2.41. The van der Waals surface area contributed by atoms with Gasteiger partial charge in [0.25, 0.3) is 0 Å². The normalized spacial score (nSPS) is 17.1. The fourth-order valence-corrected chi connectivity index (χ4v) is 1.96. The van der Waals surface area contributed by atoms with Gasteiger partial charge in [0.15, 0.2) is 0 Å². The number of carbonyl (C=O) groups is 1. The highest BCUT2D eigenvalue weighted by molar-refractivity contribution is 5.79. The van der Waals surface area contributed by atoms with Crippen LogP contribution in [0.5, 0.6) is 0 Å². The number of aromatic nitrogens is 1. The number of anilines is 1. The number of nitrogens with zero attached hydrogens (tertiary/aromatic N) is 2. The van der Waals surface area contributed by atoms with Crippen molar-refractivity contribution in [3.05, 3.63) is 24.5 Å². The Morgan fingerprint density at radius 3 is 2.88 bits per heavy atom. The monoisotopic (exact) mass is 236 g/mol. The average molecular weight is 236 g/mol. The lowest BCUT2D eigenvalue weighted by atomic mass is 9.85. The van der Waals surface area contributed by atoms with E-state index in [1.54, 1.807) is 12.4 Å². The highest BCUT2D eigenvalue weighted by Gasteiger charge is 2.48. The summed E-state index contributed by atoms with van der Waals surface area (Å²) in [4.78, 5) is 17.8. The van der Waals surface area contributed by atoms with E-state index in [1.165, 1.54) is 7.11 Å². The van der Waals surface area contributed by atoms with Gasteiger partial charge in [-0.15, -0.1) is 0 Å². The minimum Gasteiger partial charge on any atom is -0.468 e. The molecule has 0 aromatic carbocycles. The predicted octanol–water partition coefficient (Wildman–Crippen LogP) is 0.707. The van der Waals surface area contributed by atoms with Gasteiger partial charge < -0.3 is 14.4 Å². The molecule has 0 amide bonds. The van der Waals surface area contributed by atoms with E-state index < -0.39 is 5.41 Å². The first-order valence-corrected chi connectivity index (χ1v) is 5.45. The first-order valence-electron chi connectivity index (χ1n) is 5.45. The van der Waals surface area contributed by atoms with Gasteiger partial charge in [-0.3, -0.25) is 9.78 Å². The minimum absolute atomic E-state index is 0.209. The molecule has 0 radical (unpaired) electrons. The number of carbonyl (C=O) groups excluding carboxylic acids is 1. The van der Waals surface area contributed by atoms with Gasteiger partial charge in [-0.2, -0.15) is 0 Å². The van der Waals surface area contributed by atoms with Crippen molar-refractivity contribution in [3.8, 4) is 0 Å². The maximum atomic E-state index is 11.7. The lowest BCUT2D eigenvalue weighted by molar-refractivity contribution is -0.180. The van der Waals surface area contributed by atoms with E-state index in [2.05, 4.69) is 4.98 Å². The molecule has 0 aliphatic carbocycles. The molecule has 92 valence electrons. The van der Waals surface area contributed by atoms with Crippen LogP contribution in [-0.4, -0.2) is 44.9 Å². The second-order valence-electron chi connectivity index (χ2n) is 4.33. The van der Waals surface area contributed by atoms with Gasteiger partial charge >= 0.3 is 5.97 Å². The van der Waals surface area contributed by atoms with E-state index in [1.807, 2.05) is 24.1 Å². The van der Waals surface area contributed by atoms with Crippen molar-refractivity contribution in [1.82, 2.24) is 4.98 Å². The van der Waals surface area contributed by atoms with Crippen LogP contribution in [0.1, 0.15) is 0 Å². The van der Waals surface area contributed by atoms with Crippen molar-refractivity contribution >= 4 is 11.7 Å². The van der Waals surface area contributed by atoms with Crippen molar-refractivity contribution in [2.75, 3.05) is 38.8 Å². The van der Waals surface area contributed by atoms with E-state index in [0.717, 1.165) is 5.69 Å². The zero-order valence-corrected chi connectivity index (χ0v) is 10.0. The molecule has 1 saturated heterocycles. The summed E-state index contributed by atoms with van der Waals surface area (Å²) < 4.78 is 9.99. The van der Waals surface area contributed by atoms with Crippen molar-refractivity contribution in [3.63, 3.8) is 0 Å². The summed E-state index contributed by atoms with van der Waals surface area (Å²) in [6, 6.07) is 3.82. The summed E-state index contributed by atoms with van der Waals surface area (Å²) in [5.74, 6) is -0.209. The molecular weight excluding hydrogens is 220 g/mol. The number of esters is 1. The van der Waals surface area contributed by atoms with Crippen LogP contribution in [0.2, 0.25) is 0 Å². The van der Waals surface area contributed by atoms with E-state index in [9.17, 15) is 4.79 Å². The van der Waals surface area contributed by atoms with Gasteiger partial charge in [-0.25, -0.2) is 0 Å². The Morgan fingerprint density at radius 2 is 2.41 bits per heavy atom. The molecule has 2 heterocycles. The SMILES string of the molecule is COC(=O)C1(CN(C)c2cccnc2)COC1. The summed E-state index contributed by atoms with van der Waals surface area (Å²) in [5.41, 5.74) is 0.446. The van der Waals surface area contributed by atoms with E-state index in [0.29, 0.717) is 19.8 Å². The van der Waals surface area contributed by atoms with Gasteiger partial charge in [0.1, 0.15) is 5.41 Å². The number of ether oxygens (including phenoxy) is 2. The van der Waals surface area contributed by atoms with Crippen molar-refractivity contribution in [2.45, 2.75) is 0 Å². The largest absolute Gasteiger partial charge is 0.468 e. The van der Waals surface area contributed by atoms with Crippen molar-refractivity contribution in [2.24, 2.45) is 5.41 Å². The Kier molecular flexibility index (Phi) is 3.28. The Bertz CT molecular complexity index is 390. The molecule has 5 heteroatoms. The van der Waals surface area contributed by atoms with Crippen LogP contribution in [0.4, 0.5) is 5.69 Å². The summed E-state index contributed by atoms with van der Waals surface area (Å²) in [5, 5.41) is 0. The van der Waals surface area contributed by atoms with Crippen LogP contribution in [0, 0.1) is 5.41 Å². The number of hydrogen-bond donors (Lipinski definition) is 0. The predicted molar refractivity (Wildman–Crippen MR) is 62.8 cm³/mol. The van der Waals surface area contributed by atoms with Gasteiger partial charge in [-0.05, 0) is 12.1 Å². The molecule has 1 aliphatic heterocycles. The molecule has 17 heavy (non-hydrogen) atoms. The van der Waals surface area contributed by atoms with E-state index >= 15 is 0 Å². The van der Waals surface area contributed by atoms with E-state index in [4.69, 9.17) is 9.47 Å². The molecule has 0 bridgehead atoms. The number of rotatable bonds is 4. The van der Waals surface area contributed by atoms with Crippen LogP contribution in [0.25, 0.3) is 0 Å². The second kappa shape index (κ2) is 4.71. The van der Waals surface area contributed by atoms with Gasteiger partial charge in [0.2, 0.25) is 0 Å². The maximum absolute atomic E-state index is 11.7. The van der Waals surface area contributed by atoms with Crippen LogP contribution in [0.3, 0.4) is 0 Å². The van der Waals surface area contributed by atoms with Crippen LogP contribution >= 0.6 is 0 Å². The quantitative estimate of drug-likeness (QED) is 0.720. The third kappa shape index (κ3) is 2.24. The van der Waals surface area contributed by atoms with E-state index in [-0.39, 0.29) is 5.97 Å². The molecule has 2 rings (SSSR count). The zero-order chi connectivity index (χ0) is 12.3. The molecule has 0 atom stereocenters. The van der Waals surface area contributed by atoms with Gasteiger partial charge in [-0.1, -0.05) is 0 Å². The van der Waals surface area contributed by atoms with Gasteiger partial charge in [0.05, 0.1) is 32.2 Å². The fourth-order valence-electron chi connectivity index (χ4n) is 1.96. The van der Waals surface area contributed by atoms with Crippen LogP contribution in [0.15, 0.2) is 24.5 Å². The Balaban J connectivity index is 2.07. The molecular formula is C12H16N2O3. The van der Waals surface area contributed by atoms with Crippen molar-refractivity contribution in [1.29, 1.82) is 0 Å². The molecule has 0 unspecified atom stereocenters. The standard InChI is InChI=1S/C12H16N2O3/c1-14(10-4-3-5-13-6-10)7-12(8-17-9-12)11(15)16-2/h3-6H,7-9H2,1-2H3. The highest BCUT2D eigenvalue weighted by atomic mass is 16.5. The Labute approximate surface area is 100 Å². The molecule has 0 N–H and O–H groups in total. The topological polar surface area (TPSA) is 51.7 Å². The third-order valence-corrected chi connectivity index (χ3v) is 3.00. The Morgan fingerprint density at radius 1 is 1.65 bits per heavy atom. The first-order chi connectivity index (χ1) is 8.18. The molecule has 1 aromatic heterocycles. The molecule has 1 fully saturated rings. The van der Waals surface area contributed by atoms with Crippen molar-refractivity contribution < 1.29 is 14.3 Å². The third-order valence-electron chi connectivity index (χ3n) is 3.00.